The number of halogens is 1. The third kappa shape index (κ3) is 9.17. The number of hydrogen-bond acceptors (Lipinski definition) is 7. The summed E-state index contributed by atoms with van der Waals surface area (Å²) in [5.74, 6) is -1.32. The van der Waals surface area contributed by atoms with Crippen LogP contribution in [0.2, 0.25) is 5.02 Å². The van der Waals surface area contributed by atoms with Crippen molar-refractivity contribution in [3.63, 3.8) is 0 Å². The van der Waals surface area contributed by atoms with Crippen LogP contribution in [0.1, 0.15) is 12.0 Å². The Balaban J connectivity index is 1.85. The van der Waals surface area contributed by atoms with Crippen LogP contribution in [-0.2, 0) is 19.1 Å². The molecule has 0 heterocycles. The average molecular weight is 477 g/mol. The van der Waals surface area contributed by atoms with Crippen molar-refractivity contribution < 1.29 is 28.6 Å². The number of hydrazone groups is 1. The number of benzene rings is 2. The van der Waals surface area contributed by atoms with Gasteiger partial charge in [-0.05, 0) is 54.4 Å². The molecule has 0 aromatic heterocycles. The fourth-order valence-electron chi connectivity index (χ4n) is 2.47. The normalized spacial score (nSPS) is 10.5. The Hall–Kier alpha value is -3.63. The quantitative estimate of drug-likeness (QED) is 0.197. The molecule has 2 aromatic carbocycles. The Bertz CT molecular complexity index is 981. The van der Waals surface area contributed by atoms with Gasteiger partial charge in [-0.15, -0.1) is 0 Å². The predicted octanol–water partition coefficient (Wildman–Crippen LogP) is 1.97. The fraction of sp³-hybridized carbons (Fsp3) is 0.273. The standard InChI is InChI=1S/C22H25ClN4O6/c1-31-11-3-10-24-21(29)22(30)27-25-13-15-4-9-18(19(12-15)32-2)33-14-20(28)26-17-7-5-16(23)6-8-17/h4-9,12-13H,3,10-11,14H2,1-2H3,(H,24,29)(H,26,28)(H,27,30)/b25-13-. The molecule has 176 valence electrons. The fourth-order valence-corrected chi connectivity index (χ4v) is 2.60. The zero-order chi connectivity index (χ0) is 24.1. The molecule has 0 aliphatic rings. The van der Waals surface area contributed by atoms with Crippen molar-refractivity contribution in [2.75, 3.05) is 39.3 Å². The van der Waals surface area contributed by atoms with Gasteiger partial charge in [-0.2, -0.15) is 5.10 Å². The molecular formula is C22H25ClN4O6. The molecule has 10 nitrogen and oxygen atoms in total. The number of carbonyl (C=O) groups is 3. The molecule has 0 spiro atoms. The number of nitrogens with one attached hydrogen (secondary N) is 3. The maximum absolute atomic E-state index is 12.1. The highest BCUT2D eigenvalue weighted by atomic mass is 35.5. The molecule has 11 heteroatoms. The zero-order valence-corrected chi connectivity index (χ0v) is 19.0. The van der Waals surface area contributed by atoms with Crippen molar-refractivity contribution in [2.24, 2.45) is 5.10 Å². The topological polar surface area (TPSA) is 127 Å². The molecule has 0 aliphatic heterocycles. The molecule has 3 N–H and O–H groups in total. The third-order valence-electron chi connectivity index (χ3n) is 4.07. The Morgan fingerprint density at radius 2 is 1.79 bits per heavy atom. The molecule has 0 saturated heterocycles. The van der Waals surface area contributed by atoms with Crippen LogP contribution in [0.3, 0.4) is 0 Å². The molecule has 3 amide bonds. The van der Waals surface area contributed by atoms with E-state index in [1.807, 2.05) is 0 Å². The summed E-state index contributed by atoms with van der Waals surface area (Å²) < 4.78 is 15.7. The van der Waals surface area contributed by atoms with Gasteiger partial charge in [-0.3, -0.25) is 14.4 Å². The molecule has 0 bridgehead atoms. The van der Waals surface area contributed by atoms with Crippen LogP contribution in [0.5, 0.6) is 11.5 Å². The van der Waals surface area contributed by atoms with Crippen molar-refractivity contribution in [1.82, 2.24) is 10.7 Å². The van der Waals surface area contributed by atoms with E-state index in [1.54, 1.807) is 49.6 Å². The van der Waals surface area contributed by atoms with Gasteiger partial charge in [-0.1, -0.05) is 11.6 Å². The largest absolute Gasteiger partial charge is 0.493 e. The van der Waals surface area contributed by atoms with Gasteiger partial charge in [-0.25, -0.2) is 5.43 Å². The van der Waals surface area contributed by atoms with Crippen LogP contribution in [0, 0.1) is 0 Å². The van der Waals surface area contributed by atoms with Crippen LogP contribution < -0.4 is 25.5 Å². The summed E-state index contributed by atoms with van der Waals surface area (Å²) in [6, 6.07) is 11.5. The first kappa shape index (κ1) is 25.6. The summed E-state index contributed by atoms with van der Waals surface area (Å²) in [5, 5.41) is 9.47. The monoisotopic (exact) mass is 476 g/mol. The lowest BCUT2D eigenvalue weighted by molar-refractivity contribution is -0.139. The smallest absolute Gasteiger partial charge is 0.329 e. The molecule has 2 aromatic rings. The van der Waals surface area contributed by atoms with Crippen LogP contribution in [0.4, 0.5) is 5.69 Å². The van der Waals surface area contributed by atoms with Crippen molar-refractivity contribution in [3.8, 4) is 11.5 Å². The molecule has 33 heavy (non-hydrogen) atoms. The van der Waals surface area contributed by atoms with Crippen molar-refractivity contribution in [3.05, 3.63) is 53.1 Å². The Morgan fingerprint density at radius 3 is 2.48 bits per heavy atom. The maximum atomic E-state index is 12.1. The van der Waals surface area contributed by atoms with Crippen molar-refractivity contribution in [2.45, 2.75) is 6.42 Å². The predicted molar refractivity (Wildman–Crippen MR) is 124 cm³/mol. The van der Waals surface area contributed by atoms with Crippen LogP contribution in [0.25, 0.3) is 0 Å². The number of amides is 3. The van der Waals surface area contributed by atoms with E-state index in [0.717, 1.165) is 0 Å². The van der Waals surface area contributed by atoms with Gasteiger partial charge in [0.2, 0.25) is 0 Å². The number of nitrogens with zero attached hydrogens (tertiary/aromatic N) is 1. The highest BCUT2D eigenvalue weighted by Gasteiger charge is 2.12. The van der Waals surface area contributed by atoms with E-state index in [-0.39, 0.29) is 12.5 Å². The second-order valence-electron chi connectivity index (χ2n) is 6.56. The van der Waals surface area contributed by atoms with E-state index >= 15 is 0 Å². The Morgan fingerprint density at radius 1 is 1.03 bits per heavy atom. The lowest BCUT2D eigenvalue weighted by Gasteiger charge is -2.11. The van der Waals surface area contributed by atoms with Gasteiger partial charge in [0, 0.05) is 31.0 Å². The summed E-state index contributed by atoms with van der Waals surface area (Å²) in [5.41, 5.74) is 3.31. The molecule has 0 unspecified atom stereocenters. The van der Waals surface area contributed by atoms with E-state index in [1.165, 1.54) is 13.3 Å². The first-order chi connectivity index (χ1) is 15.9. The highest BCUT2D eigenvalue weighted by molar-refractivity contribution is 6.35. The van der Waals surface area contributed by atoms with E-state index < -0.39 is 11.8 Å². The molecule has 0 radical (unpaired) electrons. The van der Waals surface area contributed by atoms with Crippen LogP contribution in [-0.4, -0.2) is 57.9 Å². The van der Waals surface area contributed by atoms with Gasteiger partial charge in [0.15, 0.2) is 18.1 Å². The van der Waals surface area contributed by atoms with Crippen molar-refractivity contribution in [1.29, 1.82) is 0 Å². The SMILES string of the molecule is COCCCNC(=O)C(=O)N/N=C\c1ccc(OCC(=O)Nc2ccc(Cl)cc2)c(OC)c1. The molecule has 0 aliphatic carbocycles. The molecule has 0 fully saturated rings. The van der Waals surface area contributed by atoms with Crippen molar-refractivity contribution >= 4 is 41.2 Å². The Kier molecular flexibility index (Phi) is 10.6. The summed E-state index contributed by atoms with van der Waals surface area (Å²) in [6.45, 7) is 0.566. The van der Waals surface area contributed by atoms with Gasteiger partial charge >= 0.3 is 11.8 Å². The van der Waals surface area contributed by atoms with E-state index in [2.05, 4.69) is 21.2 Å². The minimum Gasteiger partial charge on any atom is -0.493 e. The second kappa shape index (κ2) is 13.7. The van der Waals surface area contributed by atoms with E-state index in [9.17, 15) is 14.4 Å². The number of ether oxygens (including phenoxy) is 3. The highest BCUT2D eigenvalue weighted by Crippen LogP contribution is 2.27. The summed E-state index contributed by atoms with van der Waals surface area (Å²) in [6.07, 6.45) is 1.94. The summed E-state index contributed by atoms with van der Waals surface area (Å²) >= 11 is 5.82. The van der Waals surface area contributed by atoms with E-state index in [4.69, 9.17) is 25.8 Å². The number of anilines is 1. The molecular weight excluding hydrogens is 452 g/mol. The first-order valence-electron chi connectivity index (χ1n) is 9.89. The summed E-state index contributed by atoms with van der Waals surface area (Å²) in [7, 11) is 3.00. The van der Waals surface area contributed by atoms with Gasteiger partial charge in [0.1, 0.15) is 0 Å². The maximum Gasteiger partial charge on any atom is 0.329 e. The lowest BCUT2D eigenvalue weighted by Crippen LogP contribution is -2.38. The lowest BCUT2D eigenvalue weighted by atomic mass is 10.2. The third-order valence-corrected chi connectivity index (χ3v) is 4.32. The van der Waals surface area contributed by atoms with Gasteiger partial charge in [0.05, 0.1) is 13.3 Å². The first-order valence-corrected chi connectivity index (χ1v) is 10.3. The number of hydrogen-bond donors (Lipinski definition) is 3. The molecule has 0 saturated carbocycles. The Labute approximate surface area is 196 Å². The number of methoxy groups -OCH3 is 2. The second-order valence-corrected chi connectivity index (χ2v) is 6.99. The van der Waals surface area contributed by atoms with Gasteiger partial charge in [0.25, 0.3) is 5.91 Å². The zero-order valence-electron chi connectivity index (χ0n) is 18.2. The van der Waals surface area contributed by atoms with Gasteiger partial charge < -0.3 is 24.8 Å². The molecule has 0 atom stereocenters. The number of rotatable bonds is 11. The minimum absolute atomic E-state index is 0.234. The average Bonchev–Trinajstić information content (AvgIpc) is 2.82. The van der Waals surface area contributed by atoms with E-state index in [0.29, 0.717) is 47.3 Å². The minimum atomic E-state index is -0.887. The molecule has 2 rings (SSSR count). The van der Waals surface area contributed by atoms with Crippen LogP contribution >= 0.6 is 11.6 Å². The summed E-state index contributed by atoms with van der Waals surface area (Å²) in [4.78, 5) is 35.4. The number of carbonyl (C=O) groups excluding carboxylic acids is 3. The van der Waals surface area contributed by atoms with Crippen LogP contribution in [0.15, 0.2) is 47.6 Å².